The average molecular weight is 480 g/mol. The summed E-state index contributed by atoms with van der Waals surface area (Å²) in [6, 6.07) is 21.5. The van der Waals surface area contributed by atoms with Crippen molar-refractivity contribution in [3.05, 3.63) is 118 Å². The SMILES string of the molecule is CCN1C(=CC=C2CCCC(C=Cc3ccc4ccccc4[n+]3CC)=C2Cl)C=Cc2ccccc21. The lowest BCUT2D eigenvalue weighted by molar-refractivity contribution is -0.669. The normalized spacial score (nSPS) is 18.3. The first kappa shape index (κ1) is 23.4. The number of para-hydroxylation sites is 2. The van der Waals surface area contributed by atoms with Gasteiger partial charge in [-0.05, 0) is 80.2 Å². The number of aryl methyl sites for hydroxylation is 1. The van der Waals surface area contributed by atoms with Crippen LogP contribution in [-0.4, -0.2) is 6.54 Å². The number of fused-ring (bicyclic) bond motifs is 2. The van der Waals surface area contributed by atoms with Gasteiger partial charge in [-0.2, -0.15) is 4.57 Å². The summed E-state index contributed by atoms with van der Waals surface area (Å²) in [5.74, 6) is 0. The van der Waals surface area contributed by atoms with Crippen molar-refractivity contribution >= 4 is 40.3 Å². The van der Waals surface area contributed by atoms with Gasteiger partial charge in [0.05, 0.1) is 0 Å². The van der Waals surface area contributed by atoms with Gasteiger partial charge in [-0.3, -0.25) is 0 Å². The van der Waals surface area contributed by atoms with Crippen LogP contribution in [0.4, 0.5) is 5.69 Å². The zero-order chi connectivity index (χ0) is 24.2. The number of hydrogen-bond donors (Lipinski definition) is 0. The quantitative estimate of drug-likeness (QED) is 0.334. The fourth-order valence-corrected chi connectivity index (χ4v) is 5.45. The molecule has 2 nitrogen and oxygen atoms in total. The molecule has 0 amide bonds. The van der Waals surface area contributed by atoms with Crippen molar-refractivity contribution in [2.75, 3.05) is 11.4 Å². The number of anilines is 1. The predicted octanol–water partition coefficient (Wildman–Crippen LogP) is 8.20. The summed E-state index contributed by atoms with van der Waals surface area (Å²) in [6.07, 6.45) is 16.4. The Morgan fingerprint density at radius 3 is 2.57 bits per heavy atom. The van der Waals surface area contributed by atoms with E-state index in [1.165, 1.54) is 44.7 Å². The smallest absolute Gasteiger partial charge is 0.212 e. The Morgan fingerprint density at radius 2 is 1.71 bits per heavy atom. The molecule has 0 N–H and O–H groups in total. The number of benzene rings is 2. The van der Waals surface area contributed by atoms with E-state index in [-0.39, 0.29) is 0 Å². The van der Waals surface area contributed by atoms with Crippen LogP contribution in [0.5, 0.6) is 0 Å². The first-order chi connectivity index (χ1) is 17.2. The van der Waals surface area contributed by atoms with Crippen LogP contribution in [0.3, 0.4) is 0 Å². The zero-order valence-electron chi connectivity index (χ0n) is 20.5. The van der Waals surface area contributed by atoms with E-state index >= 15 is 0 Å². The fraction of sp³-hybridized carbons (Fsp3) is 0.219. The van der Waals surface area contributed by atoms with Gasteiger partial charge in [-0.15, -0.1) is 0 Å². The van der Waals surface area contributed by atoms with E-state index in [1.54, 1.807) is 0 Å². The minimum Gasteiger partial charge on any atom is -0.341 e. The minimum atomic E-state index is 0.899. The Labute approximate surface area is 213 Å². The number of hydrogen-bond acceptors (Lipinski definition) is 1. The summed E-state index contributed by atoms with van der Waals surface area (Å²) in [7, 11) is 0. The lowest BCUT2D eigenvalue weighted by Gasteiger charge is -2.29. The molecule has 3 aromatic rings. The van der Waals surface area contributed by atoms with Gasteiger partial charge in [-0.1, -0.05) is 60.2 Å². The van der Waals surface area contributed by atoms with Gasteiger partial charge in [-0.25, -0.2) is 0 Å². The number of rotatable bonds is 5. The maximum Gasteiger partial charge on any atom is 0.212 e. The standard InChI is InChI=1S/C32H32ClN2/c1-3-34-28(20-16-24-10-5-7-14-30(24)34)22-18-26-12-9-13-27(32(26)33)19-23-29-21-17-25-11-6-8-15-31(25)35(29)4-2/h5-8,10-11,14-23H,3-4,9,12-13H2,1-2H3/q+1. The van der Waals surface area contributed by atoms with Crippen LogP contribution in [0, 0.1) is 0 Å². The molecule has 1 aliphatic carbocycles. The van der Waals surface area contributed by atoms with Gasteiger partial charge in [0.1, 0.15) is 6.54 Å². The number of likely N-dealkylation sites (N-methyl/N-ethyl adjacent to an activating group) is 1. The van der Waals surface area contributed by atoms with E-state index in [0.717, 1.165) is 37.4 Å². The molecule has 2 heterocycles. The maximum absolute atomic E-state index is 6.95. The van der Waals surface area contributed by atoms with Gasteiger partial charge >= 0.3 is 0 Å². The van der Waals surface area contributed by atoms with E-state index < -0.39 is 0 Å². The van der Waals surface area contributed by atoms with Crippen molar-refractivity contribution < 1.29 is 4.57 Å². The molecule has 2 aromatic carbocycles. The summed E-state index contributed by atoms with van der Waals surface area (Å²) >= 11 is 6.95. The molecule has 0 saturated carbocycles. The van der Waals surface area contributed by atoms with Crippen LogP contribution in [0.1, 0.15) is 44.4 Å². The molecule has 0 atom stereocenters. The first-order valence-electron chi connectivity index (χ1n) is 12.6. The van der Waals surface area contributed by atoms with Gasteiger partial charge in [0.15, 0.2) is 0 Å². The molecule has 0 unspecified atom stereocenters. The molecule has 35 heavy (non-hydrogen) atoms. The molecule has 1 aromatic heterocycles. The van der Waals surface area contributed by atoms with Crippen molar-refractivity contribution in [2.24, 2.45) is 0 Å². The Balaban J connectivity index is 1.44. The van der Waals surface area contributed by atoms with Crippen LogP contribution >= 0.6 is 11.6 Å². The Bertz CT molecular complexity index is 1400. The van der Waals surface area contributed by atoms with Crippen molar-refractivity contribution in [3.8, 4) is 0 Å². The van der Waals surface area contributed by atoms with Crippen molar-refractivity contribution in [1.82, 2.24) is 0 Å². The molecule has 0 bridgehead atoms. The number of allylic oxidation sites excluding steroid dienone is 7. The summed E-state index contributed by atoms with van der Waals surface area (Å²) in [4.78, 5) is 2.36. The predicted molar refractivity (Wildman–Crippen MR) is 150 cm³/mol. The maximum atomic E-state index is 6.95. The Hall–Kier alpha value is -3.36. The third kappa shape index (κ3) is 4.76. The molecule has 5 rings (SSSR count). The highest BCUT2D eigenvalue weighted by Crippen LogP contribution is 2.35. The van der Waals surface area contributed by atoms with Gasteiger partial charge in [0.25, 0.3) is 0 Å². The minimum absolute atomic E-state index is 0.899. The molecule has 0 fully saturated rings. The molecule has 0 spiro atoms. The summed E-state index contributed by atoms with van der Waals surface area (Å²) in [6.45, 7) is 6.25. The number of pyridine rings is 1. The fourth-order valence-electron chi connectivity index (χ4n) is 5.13. The third-order valence-electron chi connectivity index (χ3n) is 6.94. The summed E-state index contributed by atoms with van der Waals surface area (Å²) < 4.78 is 2.36. The summed E-state index contributed by atoms with van der Waals surface area (Å²) in [5, 5.41) is 2.16. The van der Waals surface area contributed by atoms with E-state index in [0.29, 0.717) is 0 Å². The van der Waals surface area contributed by atoms with Crippen LogP contribution in [0.25, 0.3) is 23.1 Å². The Morgan fingerprint density at radius 1 is 0.886 bits per heavy atom. The number of halogens is 1. The van der Waals surface area contributed by atoms with Crippen molar-refractivity contribution in [1.29, 1.82) is 0 Å². The van der Waals surface area contributed by atoms with E-state index in [4.69, 9.17) is 11.6 Å². The van der Waals surface area contributed by atoms with Gasteiger partial charge in [0, 0.05) is 46.6 Å². The van der Waals surface area contributed by atoms with Crippen molar-refractivity contribution in [2.45, 2.75) is 39.7 Å². The monoisotopic (exact) mass is 479 g/mol. The second-order valence-corrected chi connectivity index (χ2v) is 9.39. The second-order valence-electron chi connectivity index (χ2n) is 9.01. The molecule has 176 valence electrons. The lowest BCUT2D eigenvalue weighted by atomic mass is 9.93. The van der Waals surface area contributed by atoms with Gasteiger partial charge < -0.3 is 4.90 Å². The van der Waals surface area contributed by atoms with Gasteiger partial charge in [0.2, 0.25) is 11.2 Å². The largest absolute Gasteiger partial charge is 0.341 e. The lowest BCUT2D eigenvalue weighted by Crippen LogP contribution is -2.36. The molecular weight excluding hydrogens is 448 g/mol. The van der Waals surface area contributed by atoms with Crippen LogP contribution in [-0.2, 0) is 6.54 Å². The van der Waals surface area contributed by atoms with E-state index in [2.05, 4.69) is 120 Å². The molecule has 0 saturated heterocycles. The average Bonchev–Trinajstić information content (AvgIpc) is 2.91. The van der Waals surface area contributed by atoms with Crippen LogP contribution in [0.15, 0.2) is 107 Å². The second kappa shape index (κ2) is 10.5. The molecular formula is C32H32ClN2+. The highest BCUT2D eigenvalue weighted by Gasteiger charge is 2.17. The molecule has 3 heteroatoms. The number of nitrogens with zero attached hydrogens (tertiary/aromatic N) is 2. The summed E-state index contributed by atoms with van der Waals surface area (Å²) in [5.41, 5.74) is 8.62. The highest BCUT2D eigenvalue weighted by atomic mass is 35.5. The third-order valence-corrected chi connectivity index (χ3v) is 7.43. The van der Waals surface area contributed by atoms with E-state index in [1.807, 2.05) is 0 Å². The Kier molecular flexibility index (Phi) is 7.01. The first-order valence-corrected chi connectivity index (χ1v) is 13.0. The van der Waals surface area contributed by atoms with Crippen LogP contribution in [0.2, 0.25) is 0 Å². The van der Waals surface area contributed by atoms with Crippen molar-refractivity contribution in [3.63, 3.8) is 0 Å². The molecule has 2 aliphatic rings. The molecule has 1 aliphatic heterocycles. The van der Waals surface area contributed by atoms with Crippen LogP contribution < -0.4 is 9.47 Å². The highest BCUT2D eigenvalue weighted by molar-refractivity contribution is 6.32. The van der Waals surface area contributed by atoms with E-state index in [9.17, 15) is 0 Å². The number of aromatic nitrogens is 1. The molecule has 0 radical (unpaired) electrons. The zero-order valence-corrected chi connectivity index (χ0v) is 21.3. The topological polar surface area (TPSA) is 7.12 Å².